The molecule has 0 unspecified atom stereocenters. The summed E-state index contributed by atoms with van der Waals surface area (Å²) in [7, 11) is 0. The van der Waals surface area contributed by atoms with Gasteiger partial charge in [0.05, 0.1) is 22.4 Å². The van der Waals surface area contributed by atoms with Gasteiger partial charge in [0.15, 0.2) is 0 Å². The second kappa shape index (κ2) is 7.06. The third kappa shape index (κ3) is 3.86. The predicted octanol–water partition coefficient (Wildman–Crippen LogP) is 3.79. The Balaban J connectivity index is 1.75. The monoisotopic (exact) mass is 333 g/mol. The molecule has 0 aliphatic carbocycles. The van der Waals surface area contributed by atoms with Crippen LogP contribution in [0.5, 0.6) is 11.6 Å². The van der Waals surface area contributed by atoms with Gasteiger partial charge < -0.3 is 10.1 Å². The zero-order valence-electron chi connectivity index (χ0n) is 12.8. The molecule has 1 aromatic heterocycles. The molecule has 8 heteroatoms. The highest BCUT2D eigenvalue weighted by Crippen LogP contribution is 2.26. The Morgan fingerprint density at radius 1 is 1.16 bits per heavy atom. The lowest BCUT2D eigenvalue weighted by molar-refractivity contribution is -0.384. The van der Waals surface area contributed by atoms with E-state index < -0.39 is 4.92 Å². The van der Waals surface area contributed by atoms with Crippen molar-refractivity contribution in [2.24, 2.45) is 0 Å². The van der Waals surface area contributed by atoms with Crippen molar-refractivity contribution in [2.45, 2.75) is 0 Å². The molecule has 1 heterocycles. The summed E-state index contributed by atoms with van der Waals surface area (Å²) >= 11 is 0. The van der Waals surface area contributed by atoms with Crippen LogP contribution in [0.4, 0.5) is 17.1 Å². The molecule has 0 aliphatic rings. The van der Waals surface area contributed by atoms with Gasteiger partial charge in [-0.25, -0.2) is 4.98 Å². The van der Waals surface area contributed by atoms with Gasteiger partial charge in [0.25, 0.3) is 5.69 Å². The largest absolute Gasteiger partial charge is 0.438 e. The highest BCUT2D eigenvalue weighted by Gasteiger charge is 2.10. The Bertz CT molecular complexity index is 937. The van der Waals surface area contributed by atoms with Crippen LogP contribution in [0.15, 0.2) is 61.1 Å². The van der Waals surface area contributed by atoms with Crippen molar-refractivity contribution in [1.82, 2.24) is 9.97 Å². The van der Waals surface area contributed by atoms with Crippen LogP contribution in [-0.2, 0) is 0 Å². The fourth-order valence-corrected chi connectivity index (χ4v) is 2.07. The lowest BCUT2D eigenvalue weighted by Crippen LogP contribution is -1.96. The lowest BCUT2D eigenvalue weighted by atomic mass is 10.1. The number of hydrogen-bond donors (Lipinski definition) is 1. The number of benzene rings is 2. The third-order valence-electron chi connectivity index (χ3n) is 3.23. The molecule has 0 saturated heterocycles. The van der Waals surface area contributed by atoms with E-state index in [9.17, 15) is 10.1 Å². The first-order chi connectivity index (χ1) is 12.2. The number of aromatic nitrogens is 2. The number of nitrogens with one attached hydrogen (secondary N) is 1. The van der Waals surface area contributed by atoms with Crippen LogP contribution in [0.3, 0.4) is 0 Å². The Hall–Kier alpha value is -3.99. The van der Waals surface area contributed by atoms with Crippen LogP contribution in [0.1, 0.15) is 5.56 Å². The van der Waals surface area contributed by atoms with E-state index in [4.69, 9.17) is 10.00 Å². The summed E-state index contributed by atoms with van der Waals surface area (Å²) < 4.78 is 5.54. The molecule has 122 valence electrons. The highest BCUT2D eigenvalue weighted by atomic mass is 16.6. The Morgan fingerprint density at radius 3 is 2.60 bits per heavy atom. The van der Waals surface area contributed by atoms with Gasteiger partial charge in [-0.3, -0.25) is 15.1 Å². The van der Waals surface area contributed by atoms with Gasteiger partial charge >= 0.3 is 0 Å². The molecule has 0 aliphatic heterocycles. The van der Waals surface area contributed by atoms with Crippen LogP contribution in [0, 0.1) is 21.4 Å². The predicted molar refractivity (Wildman–Crippen MR) is 89.6 cm³/mol. The number of nitriles is 1. The summed E-state index contributed by atoms with van der Waals surface area (Å²) in [5, 5.41) is 23.0. The van der Waals surface area contributed by atoms with Gasteiger partial charge in [0.2, 0.25) is 5.88 Å². The topological polar surface area (TPSA) is 114 Å². The first-order valence-electron chi connectivity index (χ1n) is 7.15. The number of ether oxygens (including phenoxy) is 1. The van der Waals surface area contributed by atoms with Gasteiger partial charge in [-0.1, -0.05) is 0 Å². The molecule has 0 saturated carbocycles. The molecule has 3 aromatic rings. The fourth-order valence-electron chi connectivity index (χ4n) is 2.07. The minimum atomic E-state index is -0.538. The number of non-ortho nitro benzene ring substituents is 1. The highest BCUT2D eigenvalue weighted by molar-refractivity contribution is 5.68. The van der Waals surface area contributed by atoms with Gasteiger partial charge in [-0.15, -0.1) is 0 Å². The maximum atomic E-state index is 10.8. The van der Waals surface area contributed by atoms with Crippen molar-refractivity contribution < 1.29 is 9.66 Å². The van der Waals surface area contributed by atoms with Crippen LogP contribution in [0.25, 0.3) is 0 Å². The van der Waals surface area contributed by atoms with Crippen molar-refractivity contribution >= 4 is 17.1 Å². The minimum Gasteiger partial charge on any atom is -0.438 e. The molecule has 1 N–H and O–H groups in total. The second-order valence-corrected chi connectivity index (χ2v) is 4.89. The molecule has 0 spiro atoms. The summed E-state index contributed by atoms with van der Waals surface area (Å²) in [6.07, 6.45) is 4.59. The number of nitro benzene ring substituents is 1. The quantitative estimate of drug-likeness (QED) is 0.558. The average Bonchev–Trinajstić information content (AvgIpc) is 2.64. The molecule has 0 atom stereocenters. The van der Waals surface area contributed by atoms with Gasteiger partial charge in [0.1, 0.15) is 11.8 Å². The molecule has 3 rings (SSSR count). The van der Waals surface area contributed by atoms with Crippen LogP contribution in [0.2, 0.25) is 0 Å². The SMILES string of the molecule is N#Cc1cc([N+](=O)[O-])ccc1Nc1ccc(Oc2cnccn2)cc1. The standard InChI is InChI=1S/C17H11N5O3/c18-10-12-9-14(22(23)24)3-6-16(12)21-13-1-4-15(5-2-13)25-17-11-19-7-8-20-17/h1-9,11,21H. The van der Waals surface area contributed by atoms with Crippen LogP contribution < -0.4 is 10.1 Å². The lowest BCUT2D eigenvalue weighted by Gasteiger charge is -2.09. The summed E-state index contributed by atoms with van der Waals surface area (Å²) in [5.41, 5.74) is 1.25. The van der Waals surface area contributed by atoms with E-state index in [1.165, 1.54) is 30.6 Å². The average molecular weight is 333 g/mol. The van der Waals surface area contributed by atoms with E-state index in [0.717, 1.165) is 0 Å². The maximum absolute atomic E-state index is 10.8. The molecular weight excluding hydrogens is 322 g/mol. The molecule has 0 bridgehead atoms. The normalized spacial score (nSPS) is 9.88. The molecule has 0 fully saturated rings. The van der Waals surface area contributed by atoms with E-state index in [1.807, 2.05) is 6.07 Å². The van der Waals surface area contributed by atoms with Crippen LogP contribution in [-0.4, -0.2) is 14.9 Å². The van der Waals surface area contributed by atoms with Gasteiger partial charge in [-0.2, -0.15) is 5.26 Å². The molecular formula is C17H11N5O3. The van der Waals surface area contributed by atoms with E-state index in [0.29, 0.717) is 23.0 Å². The molecule has 8 nitrogen and oxygen atoms in total. The van der Waals surface area contributed by atoms with Gasteiger partial charge in [0, 0.05) is 30.2 Å². The smallest absolute Gasteiger partial charge is 0.270 e. The molecule has 2 aromatic carbocycles. The van der Waals surface area contributed by atoms with Crippen LogP contribution >= 0.6 is 0 Å². The number of nitro groups is 1. The molecule has 0 amide bonds. The van der Waals surface area contributed by atoms with Crippen molar-refractivity contribution in [3.05, 3.63) is 76.7 Å². The number of rotatable bonds is 5. The Morgan fingerprint density at radius 2 is 1.96 bits per heavy atom. The first-order valence-corrected chi connectivity index (χ1v) is 7.15. The van der Waals surface area contributed by atoms with E-state index in [-0.39, 0.29) is 11.3 Å². The minimum absolute atomic E-state index is 0.130. The summed E-state index contributed by atoms with van der Waals surface area (Å²) in [6, 6.07) is 13.0. The van der Waals surface area contributed by atoms with E-state index >= 15 is 0 Å². The Labute approximate surface area is 142 Å². The van der Waals surface area contributed by atoms with E-state index in [1.54, 1.807) is 30.5 Å². The molecule has 25 heavy (non-hydrogen) atoms. The Kier molecular flexibility index (Phi) is 4.49. The second-order valence-electron chi connectivity index (χ2n) is 4.89. The van der Waals surface area contributed by atoms with Crippen molar-refractivity contribution in [3.63, 3.8) is 0 Å². The first kappa shape index (κ1) is 15.9. The number of anilines is 2. The zero-order chi connectivity index (χ0) is 17.6. The van der Waals surface area contributed by atoms with Crippen molar-refractivity contribution in [1.29, 1.82) is 5.26 Å². The van der Waals surface area contributed by atoms with Crippen molar-refractivity contribution in [2.75, 3.05) is 5.32 Å². The third-order valence-corrected chi connectivity index (χ3v) is 3.23. The van der Waals surface area contributed by atoms with Crippen molar-refractivity contribution in [3.8, 4) is 17.7 Å². The van der Waals surface area contributed by atoms with E-state index in [2.05, 4.69) is 15.3 Å². The maximum Gasteiger partial charge on any atom is 0.270 e. The zero-order valence-corrected chi connectivity index (χ0v) is 12.8. The summed E-state index contributed by atoms with van der Waals surface area (Å²) in [4.78, 5) is 18.2. The fraction of sp³-hybridized carbons (Fsp3) is 0. The number of hydrogen-bond acceptors (Lipinski definition) is 7. The molecule has 0 radical (unpaired) electrons. The summed E-state index contributed by atoms with van der Waals surface area (Å²) in [6.45, 7) is 0. The van der Waals surface area contributed by atoms with Gasteiger partial charge in [-0.05, 0) is 30.3 Å². The number of nitrogens with zero attached hydrogens (tertiary/aromatic N) is 4. The summed E-state index contributed by atoms with van der Waals surface area (Å²) in [5.74, 6) is 0.959.